The number of nitrogens with one attached hydrogen (secondary N) is 5. The maximum absolute atomic E-state index is 13.0. The predicted molar refractivity (Wildman–Crippen MR) is 169 cm³/mol. The Balaban J connectivity index is 1.20. The molecule has 0 saturated carbocycles. The lowest BCUT2D eigenvalue weighted by molar-refractivity contribution is 0.0936. The molecule has 14 heteroatoms. The van der Waals surface area contributed by atoms with Gasteiger partial charge in [-0.1, -0.05) is 12.1 Å². The Morgan fingerprint density at radius 1 is 0.864 bits per heavy atom. The zero-order valence-electron chi connectivity index (χ0n) is 23.7. The Kier molecular flexibility index (Phi) is 8.51. The van der Waals surface area contributed by atoms with E-state index in [1.54, 1.807) is 73.8 Å². The summed E-state index contributed by atoms with van der Waals surface area (Å²) in [5, 5.41) is 9.83. The van der Waals surface area contributed by atoms with Crippen LogP contribution in [0.25, 0.3) is 21.8 Å². The van der Waals surface area contributed by atoms with E-state index in [1.807, 2.05) is 6.07 Å². The number of pyridine rings is 1. The maximum atomic E-state index is 13.0. The molecular weight excluding hydrogens is 562 g/mol. The first kappa shape index (κ1) is 29.3. The van der Waals surface area contributed by atoms with Gasteiger partial charge < -0.3 is 43.1 Å². The zero-order valence-corrected chi connectivity index (χ0v) is 23.7. The first-order chi connectivity index (χ1) is 21.2. The summed E-state index contributed by atoms with van der Waals surface area (Å²) >= 11 is 0. The largest absolute Gasteiger partial charge is 0.382 e. The van der Waals surface area contributed by atoms with Gasteiger partial charge in [-0.15, -0.1) is 0 Å². The van der Waals surface area contributed by atoms with Crippen molar-refractivity contribution in [2.45, 2.75) is 13.1 Å². The molecule has 0 bridgehead atoms. The molecule has 5 aromatic rings. The lowest BCUT2D eigenvalue weighted by Crippen LogP contribution is -2.35. The molecule has 3 aromatic heterocycles. The quantitative estimate of drug-likeness (QED) is 0.0678. The number of H-pyrrole nitrogens is 2. The minimum atomic E-state index is -0.596. The second-order valence-corrected chi connectivity index (χ2v) is 9.87. The second-order valence-electron chi connectivity index (χ2n) is 9.87. The van der Waals surface area contributed by atoms with Gasteiger partial charge in [0, 0.05) is 45.8 Å². The van der Waals surface area contributed by atoms with Crippen LogP contribution in [0.4, 0.5) is 5.69 Å². The Labute approximate surface area is 251 Å². The van der Waals surface area contributed by atoms with E-state index in [4.69, 9.17) is 17.2 Å². The summed E-state index contributed by atoms with van der Waals surface area (Å²) in [6.07, 6.45) is 1.04. The molecule has 0 spiro atoms. The molecule has 0 fully saturated rings. The summed E-state index contributed by atoms with van der Waals surface area (Å²) in [4.78, 5) is 56.7. The molecular formula is C30H31N11O3. The average Bonchev–Trinajstić information content (AvgIpc) is 3.63. The molecule has 0 aliphatic heterocycles. The number of fused-ring (bicyclic) bond motifs is 2. The Morgan fingerprint density at radius 3 is 2.41 bits per heavy atom. The molecule has 1 unspecified atom stereocenters. The molecule has 224 valence electrons. The van der Waals surface area contributed by atoms with E-state index in [2.05, 4.69) is 40.9 Å². The van der Waals surface area contributed by atoms with E-state index < -0.39 is 6.17 Å². The van der Waals surface area contributed by atoms with Crippen LogP contribution in [0, 0.1) is 0 Å². The number of hydrogen-bond donors (Lipinski definition) is 8. The summed E-state index contributed by atoms with van der Waals surface area (Å²) in [6, 6.07) is 19.1. The lowest BCUT2D eigenvalue weighted by atomic mass is 10.1. The van der Waals surface area contributed by atoms with Crippen molar-refractivity contribution >= 4 is 57.0 Å². The van der Waals surface area contributed by atoms with E-state index in [1.165, 1.54) is 0 Å². The smallest absolute Gasteiger partial charge is 0.272 e. The summed E-state index contributed by atoms with van der Waals surface area (Å²) in [5.74, 6) is -0.854. The van der Waals surface area contributed by atoms with Crippen molar-refractivity contribution in [2.24, 2.45) is 27.2 Å². The van der Waals surface area contributed by atoms with Gasteiger partial charge in [0.05, 0.1) is 6.54 Å². The Morgan fingerprint density at radius 2 is 1.64 bits per heavy atom. The maximum Gasteiger partial charge on any atom is 0.272 e. The van der Waals surface area contributed by atoms with Gasteiger partial charge in [0.2, 0.25) is 0 Å². The monoisotopic (exact) mass is 593 g/mol. The Bertz CT molecular complexity index is 1900. The molecule has 2 aromatic carbocycles. The predicted octanol–water partition coefficient (Wildman–Crippen LogP) is 1.78. The SMILES string of the molecule is CC(N=C(N)N)NC(=O)c1ccc2[nH]c(C(=O)Nc3ccc4cc(C(=O)NCCN=C(N)c5ccccn5)[nH]c4c3)cc2c1. The third-order valence-electron chi connectivity index (χ3n) is 6.54. The molecule has 1 atom stereocenters. The molecule has 11 N–H and O–H groups in total. The van der Waals surface area contributed by atoms with Crippen LogP contribution >= 0.6 is 0 Å². The molecule has 14 nitrogen and oxygen atoms in total. The summed E-state index contributed by atoms with van der Waals surface area (Å²) in [6.45, 7) is 2.23. The van der Waals surface area contributed by atoms with Gasteiger partial charge >= 0.3 is 0 Å². The molecule has 0 aliphatic rings. The molecule has 5 rings (SSSR count). The van der Waals surface area contributed by atoms with Crippen LogP contribution in [0.1, 0.15) is 44.0 Å². The number of nitrogens with two attached hydrogens (primary N) is 3. The fourth-order valence-electron chi connectivity index (χ4n) is 4.49. The van der Waals surface area contributed by atoms with Crippen LogP contribution in [-0.4, -0.2) is 63.7 Å². The van der Waals surface area contributed by atoms with Gasteiger partial charge in [-0.25, -0.2) is 4.99 Å². The van der Waals surface area contributed by atoms with Crippen molar-refractivity contribution in [1.29, 1.82) is 0 Å². The van der Waals surface area contributed by atoms with Crippen LogP contribution < -0.4 is 33.2 Å². The third kappa shape index (κ3) is 6.99. The topological polar surface area (TPSA) is 235 Å². The number of rotatable bonds is 10. The van der Waals surface area contributed by atoms with Crippen LogP contribution in [-0.2, 0) is 0 Å². The highest BCUT2D eigenvalue weighted by atomic mass is 16.2. The van der Waals surface area contributed by atoms with E-state index in [0.29, 0.717) is 57.1 Å². The summed E-state index contributed by atoms with van der Waals surface area (Å²) < 4.78 is 0. The highest BCUT2D eigenvalue weighted by Crippen LogP contribution is 2.22. The van der Waals surface area contributed by atoms with Crippen molar-refractivity contribution in [2.75, 3.05) is 18.4 Å². The van der Waals surface area contributed by atoms with Gasteiger partial charge in [-0.05, 0) is 61.5 Å². The van der Waals surface area contributed by atoms with Crippen molar-refractivity contribution < 1.29 is 14.4 Å². The molecule has 3 amide bonds. The number of carbonyl (C=O) groups excluding carboxylic acids is 3. The number of amides is 3. The molecule has 44 heavy (non-hydrogen) atoms. The number of aliphatic imine (C=N–C) groups is 2. The lowest BCUT2D eigenvalue weighted by Gasteiger charge is -2.09. The van der Waals surface area contributed by atoms with Crippen LogP contribution in [0.2, 0.25) is 0 Å². The standard InChI is InChI=1S/C30H31N11O3/c1-16(38-30(32)33)37-27(42)18-6-8-21-19(12-18)14-25(40-21)29(44)39-20-7-5-17-13-24(41-23(17)15-20)28(43)36-11-10-35-26(31)22-4-2-3-9-34-22/h2-9,12-16,40-41H,10-11H2,1H3,(H2,31,35)(H,36,43)(H,37,42)(H,39,44)(H4,32,33,38). The molecule has 0 aliphatic carbocycles. The number of amidine groups is 1. The second kappa shape index (κ2) is 12.8. The summed E-state index contributed by atoms with van der Waals surface area (Å²) in [7, 11) is 0. The average molecular weight is 594 g/mol. The number of aromatic nitrogens is 3. The number of nitrogens with zero attached hydrogens (tertiary/aromatic N) is 3. The van der Waals surface area contributed by atoms with E-state index in [0.717, 1.165) is 5.39 Å². The van der Waals surface area contributed by atoms with Crippen LogP contribution in [0.5, 0.6) is 0 Å². The minimum absolute atomic E-state index is 0.128. The third-order valence-corrected chi connectivity index (χ3v) is 6.54. The minimum Gasteiger partial charge on any atom is -0.382 e. The van der Waals surface area contributed by atoms with Gasteiger partial charge in [0.15, 0.2) is 5.96 Å². The van der Waals surface area contributed by atoms with Gasteiger partial charge in [0.25, 0.3) is 17.7 Å². The highest BCUT2D eigenvalue weighted by molar-refractivity contribution is 6.08. The first-order valence-corrected chi connectivity index (χ1v) is 13.6. The fraction of sp³-hybridized carbons (Fsp3) is 0.133. The zero-order chi connectivity index (χ0) is 31.2. The van der Waals surface area contributed by atoms with Gasteiger partial charge in [0.1, 0.15) is 29.1 Å². The molecule has 0 radical (unpaired) electrons. The number of anilines is 1. The molecule has 0 saturated heterocycles. The number of guanidine groups is 1. The van der Waals surface area contributed by atoms with E-state index >= 15 is 0 Å². The van der Waals surface area contributed by atoms with Gasteiger partial charge in [-0.3, -0.25) is 24.4 Å². The number of carbonyl (C=O) groups is 3. The normalized spacial score (nSPS) is 12.1. The number of benzene rings is 2. The van der Waals surface area contributed by atoms with E-state index in [9.17, 15) is 14.4 Å². The van der Waals surface area contributed by atoms with Crippen molar-refractivity contribution in [3.63, 3.8) is 0 Å². The van der Waals surface area contributed by atoms with E-state index in [-0.39, 0.29) is 30.2 Å². The Hall–Kier alpha value is -6.18. The highest BCUT2D eigenvalue weighted by Gasteiger charge is 2.15. The van der Waals surface area contributed by atoms with Gasteiger partial charge in [-0.2, -0.15) is 0 Å². The summed E-state index contributed by atoms with van der Waals surface area (Å²) in [5.41, 5.74) is 20.2. The first-order valence-electron chi connectivity index (χ1n) is 13.6. The van der Waals surface area contributed by atoms with Crippen molar-refractivity contribution in [3.05, 3.63) is 95.6 Å². The van der Waals surface area contributed by atoms with Crippen molar-refractivity contribution in [3.8, 4) is 0 Å². The van der Waals surface area contributed by atoms with Crippen molar-refractivity contribution in [1.82, 2.24) is 25.6 Å². The van der Waals surface area contributed by atoms with Crippen LogP contribution in [0.3, 0.4) is 0 Å². The molecule has 3 heterocycles. The van der Waals surface area contributed by atoms with Crippen LogP contribution in [0.15, 0.2) is 82.9 Å². The fourth-order valence-corrected chi connectivity index (χ4v) is 4.49. The number of aromatic amines is 2. The number of hydrogen-bond acceptors (Lipinski definition) is 6.